The Morgan fingerprint density at radius 3 is 2.80 bits per heavy atom. The predicted octanol–water partition coefficient (Wildman–Crippen LogP) is 1.13. The van der Waals surface area contributed by atoms with Gasteiger partial charge in [0.2, 0.25) is 0 Å². The molecule has 86 valence electrons. The summed E-state index contributed by atoms with van der Waals surface area (Å²) in [7, 11) is 1.40. The number of esters is 1. The molecular weight excluding hydrogens is 196 g/mol. The van der Waals surface area contributed by atoms with E-state index in [0.717, 1.165) is 26.1 Å². The van der Waals surface area contributed by atoms with Crippen molar-refractivity contribution >= 4 is 5.97 Å². The Bertz CT molecular complexity index is 272. The highest BCUT2D eigenvalue weighted by Gasteiger charge is 2.69. The predicted molar refractivity (Wildman–Crippen MR) is 53.5 cm³/mol. The van der Waals surface area contributed by atoms with Crippen molar-refractivity contribution in [2.45, 2.75) is 37.9 Å². The van der Waals surface area contributed by atoms with Crippen LogP contribution in [-0.4, -0.2) is 37.5 Å². The summed E-state index contributed by atoms with van der Waals surface area (Å²) in [5, 5.41) is 0. The third kappa shape index (κ3) is 1.66. The molecule has 3 unspecified atom stereocenters. The van der Waals surface area contributed by atoms with Crippen molar-refractivity contribution in [1.29, 1.82) is 0 Å². The summed E-state index contributed by atoms with van der Waals surface area (Å²) in [4.78, 5) is 11.5. The maximum absolute atomic E-state index is 11.5. The van der Waals surface area contributed by atoms with Gasteiger partial charge in [0.25, 0.3) is 0 Å². The summed E-state index contributed by atoms with van der Waals surface area (Å²) < 4.78 is 15.6. The highest BCUT2D eigenvalue weighted by atomic mass is 16.7. The summed E-state index contributed by atoms with van der Waals surface area (Å²) in [5.41, 5.74) is -1.11. The van der Waals surface area contributed by atoms with Gasteiger partial charge in [-0.1, -0.05) is 0 Å². The highest BCUT2D eigenvalue weighted by molar-refractivity contribution is 5.84. The third-order valence-corrected chi connectivity index (χ3v) is 3.67. The van der Waals surface area contributed by atoms with Crippen molar-refractivity contribution in [3.05, 3.63) is 0 Å². The molecule has 4 heteroatoms. The Morgan fingerprint density at radius 1 is 1.53 bits per heavy atom. The number of hydrogen-bond donors (Lipinski definition) is 0. The van der Waals surface area contributed by atoms with Gasteiger partial charge >= 0.3 is 5.97 Å². The van der Waals surface area contributed by atoms with Gasteiger partial charge in [0.05, 0.1) is 7.11 Å². The number of epoxide rings is 1. The van der Waals surface area contributed by atoms with Gasteiger partial charge in [-0.2, -0.15) is 0 Å². The van der Waals surface area contributed by atoms with Crippen LogP contribution < -0.4 is 0 Å². The van der Waals surface area contributed by atoms with Crippen molar-refractivity contribution in [2.24, 2.45) is 5.92 Å². The van der Waals surface area contributed by atoms with Gasteiger partial charge in [-0.05, 0) is 32.6 Å². The van der Waals surface area contributed by atoms with E-state index < -0.39 is 5.60 Å². The first-order valence-electron chi connectivity index (χ1n) is 5.38. The van der Waals surface area contributed by atoms with E-state index in [0.29, 0.717) is 5.92 Å². The van der Waals surface area contributed by atoms with Crippen molar-refractivity contribution in [1.82, 2.24) is 0 Å². The Kier molecular flexibility index (Phi) is 2.51. The fraction of sp³-hybridized carbons (Fsp3) is 0.909. The highest BCUT2D eigenvalue weighted by Crippen LogP contribution is 2.52. The maximum Gasteiger partial charge on any atom is 0.340 e. The average Bonchev–Trinajstić information content (AvgIpc) is 2.60. The molecule has 2 saturated heterocycles. The van der Waals surface area contributed by atoms with Gasteiger partial charge in [0.1, 0.15) is 5.60 Å². The standard InChI is InChI=1S/C11H18O4/c1-10(6-8-4-5-14-7-8)11(2,15-10)9(12)13-3/h8H,4-7H2,1-3H3. The number of carbonyl (C=O) groups is 1. The van der Waals surface area contributed by atoms with Gasteiger partial charge in [0, 0.05) is 13.2 Å². The summed E-state index contributed by atoms with van der Waals surface area (Å²) >= 11 is 0. The monoisotopic (exact) mass is 214 g/mol. The van der Waals surface area contributed by atoms with Gasteiger partial charge in [-0.15, -0.1) is 0 Å². The zero-order valence-corrected chi connectivity index (χ0v) is 9.54. The Morgan fingerprint density at radius 2 is 2.27 bits per heavy atom. The second-order valence-corrected chi connectivity index (χ2v) is 4.79. The first-order valence-corrected chi connectivity index (χ1v) is 5.38. The van der Waals surface area contributed by atoms with E-state index in [1.54, 1.807) is 6.92 Å². The van der Waals surface area contributed by atoms with Crippen LogP contribution >= 0.6 is 0 Å². The Labute approximate surface area is 89.9 Å². The smallest absolute Gasteiger partial charge is 0.340 e. The summed E-state index contributed by atoms with van der Waals surface area (Å²) in [6.07, 6.45) is 1.94. The molecule has 0 spiro atoms. The average molecular weight is 214 g/mol. The molecule has 0 aliphatic carbocycles. The number of rotatable bonds is 3. The largest absolute Gasteiger partial charge is 0.467 e. The van der Waals surface area contributed by atoms with Crippen LogP contribution in [0.15, 0.2) is 0 Å². The molecule has 0 aromatic rings. The zero-order chi connectivity index (χ0) is 11.1. The first kappa shape index (κ1) is 10.9. The van der Waals surface area contributed by atoms with E-state index in [1.165, 1.54) is 7.11 Å². The quantitative estimate of drug-likeness (QED) is 0.522. The van der Waals surface area contributed by atoms with Crippen molar-refractivity contribution in [2.75, 3.05) is 20.3 Å². The minimum absolute atomic E-state index is 0.274. The molecule has 0 N–H and O–H groups in total. The van der Waals surface area contributed by atoms with Gasteiger partial charge in [-0.25, -0.2) is 4.79 Å². The van der Waals surface area contributed by atoms with Crippen LogP contribution in [0.4, 0.5) is 0 Å². The lowest BCUT2D eigenvalue weighted by atomic mass is 9.86. The molecule has 2 aliphatic heterocycles. The van der Waals surface area contributed by atoms with E-state index in [1.807, 2.05) is 6.92 Å². The molecular formula is C11H18O4. The number of hydrogen-bond acceptors (Lipinski definition) is 4. The van der Waals surface area contributed by atoms with Crippen molar-refractivity contribution in [3.8, 4) is 0 Å². The fourth-order valence-corrected chi connectivity index (χ4v) is 2.41. The molecule has 0 aromatic carbocycles. The summed E-state index contributed by atoms with van der Waals surface area (Å²) in [6.45, 7) is 5.39. The molecule has 0 aromatic heterocycles. The number of ether oxygens (including phenoxy) is 3. The minimum Gasteiger partial charge on any atom is -0.467 e. The normalized spacial score (nSPS) is 44.1. The molecule has 2 rings (SSSR count). The maximum atomic E-state index is 11.5. The molecule has 0 radical (unpaired) electrons. The van der Waals surface area contributed by atoms with Crippen LogP contribution in [-0.2, 0) is 19.0 Å². The summed E-state index contributed by atoms with van der Waals surface area (Å²) in [5.74, 6) is 0.241. The van der Waals surface area contributed by atoms with Gasteiger partial charge in [-0.3, -0.25) is 0 Å². The van der Waals surface area contributed by atoms with Crippen LogP contribution in [0, 0.1) is 5.92 Å². The minimum atomic E-state index is -0.746. The van der Waals surface area contributed by atoms with Crippen LogP contribution in [0.5, 0.6) is 0 Å². The third-order valence-electron chi connectivity index (χ3n) is 3.67. The van der Waals surface area contributed by atoms with Gasteiger partial charge < -0.3 is 14.2 Å². The molecule has 2 aliphatic rings. The van der Waals surface area contributed by atoms with E-state index in [9.17, 15) is 4.79 Å². The Hall–Kier alpha value is -0.610. The van der Waals surface area contributed by atoms with E-state index in [2.05, 4.69) is 0 Å². The van der Waals surface area contributed by atoms with E-state index in [-0.39, 0.29) is 11.6 Å². The molecule has 0 bridgehead atoms. The van der Waals surface area contributed by atoms with Crippen molar-refractivity contribution < 1.29 is 19.0 Å². The molecule has 0 amide bonds. The molecule has 15 heavy (non-hydrogen) atoms. The fourth-order valence-electron chi connectivity index (χ4n) is 2.41. The topological polar surface area (TPSA) is 48.1 Å². The van der Waals surface area contributed by atoms with Crippen molar-refractivity contribution in [3.63, 3.8) is 0 Å². The second kappa shape index (κ2) is 3.46. The summed E-state index contributed by atoms with van der Waals surface area (Å²) in [6, 6.07) is 0. The zero-order valence-electron chi connectivity index (χ0n) is 9.54. The number of methoxy groups -OCH3 is 1. The molecule has 2 fully saturated rings. The molecule has 3 atom stereocenters. The molecule has 4 nitrogen and oxygen atoms in total. The van der Waals surface area contributed by atoms with Crippen LogP contribution in [0.2, 0.25) is 0 Å². The van der Waals surface area contributed by atoms with Crippen LogP contribution in [0.3, 0.4) is 0 Å². The lowest BCUT2D eigenvalue weighted by Crippen LogP contribution is -2.32. The first-order chi connectivity index (χ1) is 7.02. The number of carbonyl (C=O) groups excluding carboxylic acids is 1. The van der Waals surface area contributed by atoms with E-state index in [4.69, 9.17) is 14.2 Å². The van der Waals surface area contributed by atoms with Crippen LogP contribution in [0.1, 0.15) is 26.7 Å². The van der Waals surface area contributed by atoms with Gasteiger partial charge in [0.15, 0.2) is 5.60 Å². The lowest BCUT2D eigenvalue weighted by Gasteiger charge is -2.14. The molecule has 0 saturated carbocycles. The van der Waals surface area contributed by atoms with Crippen LogP contribution in [0.25, 0.3) is 0 Å². The Balaban J connectivity index is 1.96. The molecule has 2 heterocycles. The van der Waals surface area contributed by atoms with E-state index >= 15 is 0 Å². The lowest BCUT2D eigenvalue weighted by molar-refractivity contribution is -0.146. The SMILES string of the molecule is COC(=O)C1(C)OC1(C)CC1CCOC1. The second-order valence-electron chi connectivity index (χ2n) is 4.79.